The molecule has 1 aliphatic rings. The van der Waals surface area contributed by atoms with Crippen LogP contribution in [0.25, 0.3) is 0 Å². The van der Waals surface area contributed by atoms with Crippen LogP contribution in [-0.2, 0) is 9.94 Å². The van der Waals surface area contributed by atoms with E-state index in [1.807, 2.05) is 27.7 Å². The van der Waals surface area contributed by atoms with Crippen LogP contribution in [0.15, 0.2) is 0 Å². The summed E-state index contributed by atoms with van der Waals surface area (Å²) >= 11 is 0. The fraction of sp³-hybridized carbons (Fsp3) is 1.00. The molecule has 0 aromatic carbocycles. The Labute approximate surface area is 98.9 Å². The smallest absolute Gasteiger partial charge is 0.0587 e. The van der Waals surface area contributed by atoms with E-state index in [1.165, 1.54) is 5.06 Å². The normalized spacial score (nSPS) is 25.9. The van der Waals surface area contributed by atoms with Crippen LogP contribution in [-0.4, -0.2) is 42.4 Å². The molecule has 0 spiro atoms. The van der Waals surface area contributed by atoms with Crippen LogP contribution < -0.4 is 5.32 Å². The monoisotopic (exact) mass is 229 g/mol. The summed E-state index contributed by atoms with van der Waals surface area (Å²) < 4.78 is 5.02. The Morgan fingerprint density at radius 1 is 1.25 bits per heavy atom. The van der Waals surface area contributed by atoms with Crippen LogP contribution in [0.5, 0.6) is 0 Å². The van der Waals surface area contributed by atoms with Crippen molar-refractivity contribution in [1.29, 1.82) is 0 Å². The minimum atomic E-state index is -0.285. The molecule has 1 heterocycles. The SMILES string of the molecule is COCCNC1CC(C)(C)N([O])C(C)(C)C1. The van der Waals surface area contributed by atoms with Gasteiger partial charge in [-0.3, -0.25) is 0 Å². The molecule has 16 heavy (non-hydrogen) atoms. The van der Waals surface area contributed by atoms with E-state index in [9.17, 15) is 5.21 Å². The van der Waals surface area contributed by atoms with Gasteiger partial charge in [0, 0.05) is 30.8 Å². The number of nitrogens with zero attached hydrogens (tertiary/aromatic N) is 1. The van der Waals surface area contributed by atoms with Gasteiger partial charge in [-0.1, -0.05) is 0 Å². The van der Waals surface area contributed by atoms with Crippen molar-refractivity contribution in [2.75, 3.05) is 20.3 Å². The molecule has 0 unspecified atom stereocenters. The molecule has 4 heteroatoms. The summed E-state index contributed by atoms with van der Waals surface area (Å²) in [5, 5.41) is 16.8. The maximum atomic E-state index is 12.1. The minimum Gasteiger partial charge on any atom is -0.383 e. The van der Waals surface area contributed by atoms with E-state index in [4.69, 9.17) is 4.74 Å². The average molecular weight is 229 g/mol. The molecular formula is C12H25N2O2. The van der Waals surface area contributed by atoms with Crippen molar-refractivity contribution >= 4 is 0 Å². The highest BCUT2D eigenvalue weighted by molar-refractivity contribution is 4.98. The molecule has 1 aliphatic heterocycles. The predicted octanol–water partition coefficient (Wildman–Crippen LogP) is 1.59. The van der Waals surface area contributed by atoms with Gasteiger partial charge in [-0.05, 0) is 40.5 Å². The van der Waals surface area contributed by atoms with Gasteiger partial charge in [-0.2, -0.15) is 0 Å². The van der Waals surface area contributed by atoms with E-state index in [2.05, 4.69) is 5.32 Å². The lowest BCUT2D eigenvalue weighted by Gasteiger charge is -2.50. The van der Waals surface area contributed by atoms with Gasteiger partial charge < -0.3 is 10.1 Å². The van der Waals surface area contributed by atoms with Crippen molar-refractivity contribution in [3.63, 3.8) is 0 Å². The molecule has 0 aromatic rings. The van der Waals surface area contributed by atoms with E-state index in [-0.39, 0.29) is 11.1 Å². The summed E-state index contributed by atoms with van der Waals surface area (Å²) in [6.07, 6.45) is 1.79. The standard InChI is InChI=1S/C12H25N2O2/c1-11(2)8-10(13-6-7-16-5)9-12(3,4)14(11)15/h10,13H,6-9H2,1-5H3. The lowest BCUT2D eigenvalue weighted by atomic mass is 9.79. The second kappa shape index (κ2) is 5.00. The van der Waals surface area contributed by atoms with Crippen molar-refractivity contribution in [2.45, 2.75) is 57.7 Å². The zero-order valence-electron chi connectivity index (χ0n) is 11.2. The van der Waals surface area contributed by atoms with Gasteiger partial charge in [-0.25, -0.2) is 0 Å². The van der Waals surface area contributed by atoms with Crippen LogP contribution in [0.3, 0.4) is 0 Å². The molecule has 95 valence electrons. The lowest BCUT2D eigenvalue weighted by Crippen LogP contribution is -2.62. The van der Waals surface area contributed by atoms with Crippen LogP contribution in [0, 0.1) is 0 Å². The van der Waals surface area contributed by atoms with E-state index in [1.54, 1.807) is 7.11 Å². The third kappa shape index (κ3) is 3.17. The van der Waals surface area contributed by atoms with E-state index in [0.717, 1.165) is 26.0 Å². The van der Waals surface area contributed by atoms with Gasteiger partial charge in [-0.15, -0.1) is 10.3 Å². The summed E-state index contributed by atoms with van der Waals surface area (Å²) in [6, 6.07) is 0.408. The summed E-state index contributed by atoms with van der Waals surface area (Å²) in [7, 11) is 1.70. The third-order valence-electron chi connectivity index (χ3n) is 3.33. The number of rotatable bonds is 4. The highest BCUT2D eigenvalue weighted by Crippen LogP contribution is 2.36. The number of hydrogen-bond acceptors (Lipinski definition) is 3. The molecule has 0 amide bonds. The Kier molecular flexibility index (Phi) is 4.35. The van der Waals surface area contributed by atoms with Crippen LogP contribution in [0.4, 0.5) is 0 Å². The summed E-state index contributed by atoms with van der Waals surface area (Å²) in [4.78, 5) is 0. The van der Waals surface area contributed by atoms with Gasteiger partial charge in [0.15, 0.2) is 0 Å². The van der Waals surface area contributed by atoms with Gasteiger partial charge in [0.1, 0.15) is 0 Å². The topological polar surface area (TPSA) is 44.4 Å². The molecule has 0 aliphatic carbocycles. The molecule has 4 nitrogen and oxygen atoms in total. The first-order chi connectivity index (χ1) is 7.29. The predicted molar refractivity (Wildman–Crippen MR) is 63.6 cm³/mol. The van der Waals surface area contributed by atoms with Crippen molar-refractivity contribution in [2.24, 2.45) is 0 Å². The van der Waals surface area contributed by atoms with Gasteiger partial charge in [0.2, 0.25) is 0 Å². The number of methoxy groups -OCH3 is 1. The summed E-state index contributed by atoms with van der Waals surface area (Å²) in [6.45, 7) is 9.65. The first-order valence-corrected chi connectivity index (χ1v) is 5.99. The van der Waals surface area contributed by atoms with Gasteiger partial charge in [0.25, 0.3) is 0 Å². The number of piperidine rings is 1. The molecule has 0 saturated carbocycles. The zero-order chi connectivity index (χ0) is 12.4. The largest absolute Gasteiger partial charge is 0.383 e. The summed E-state index contributed by atoms with van der Waals surface area (Å²) in [5.41, 5.74) is -0.570. The first kappa shape index (κ1) is 13.9. The quantitative estimate of drug-likeness (QED) is 0.745. The van der Waals surface area contributed by atoms with Crippen LogP contribution >= 0.6 is 0 Å². The summed E-state index contributed by atoms with van der Waals surface area (Å²) in [5.74, 6) is 0. The second-order valence-corrected chi connectivity index (χ2v) is 5.97. The van der Waals surface area contributed by atoms with Crippen LogP contribution in [0.1, 0.15) is 40.5 Å². The van der Waals surface area contributed by atoms with Crippen molar-refractivity contribution in [3.05, 3.63) is 0 Å². The number of ether oxygens (including phenoxy) is 1. The molecule has 0 bridgehead atoms. The molecule has 0 aromatic heterocycles. The maximum Gasteiger partial charge on any atom is 0.0587 e. The Morgan fingerprint density at radius 2 is 1.75 bits per heavy atom. The number of nitrogens with one attached hydrogen (secondary N) is 1. The van der Waals surface area contributed by atoms with Crippen molar-refractivity contribution < 1.29 is 9.94 Å². The number of hydroxylamine groups is 2. The highest BCUT2D eigenvalue weighted by Gasteiger charge is 2.45. The minimum absolute atomic E-state index is 0.285. The van der Waals surface area contributed by atoms with E-state index < -0.39 is 0 Å². The third-order valence-corrected chi connectivity index (χ3v) is 3.33. The molecule has 1 rings (SSSR count). The highest BCUT2D eigenvalue weighted by atomic mass is 16.5. The molecule has 0 atom stereocenters. The zero-order valence-corrected chi connectivity index (χ0v) is 11.2. The maximum absolute atomic E-state index is 12.1. The fourth-order valence-electron chi connectivity index (χ4n) is 2.77. The second-order valence-electron chi connectivity index (χ2n) is 5.97. The van der Waals surface area contributed by atoms with Gasteiger partial charge >= 0.3 is 0 Å². The number of hydrogen-bond donors (Lipinski definition) is 1. The van der Waals surface area contributed by atoms with Crippen molar-refractivity contribution in [3.8, 4) is 0 Å². The van der Waals surface area contributed by atoms with Crippen molar-refractivity contribution in [1.82, 2.24) is 10.4 Å². The van der Waals surface area contributed by atoms with Crippen LogP contribution in [0.2, 0.25) is 0 Å². The average Bonchev–Trinajstić information content (AvgIpc) is 2.14. The first-order valence-electron chi connectivity index (χ1n) is 5.99. The Hall–Kier alpha value is -0.160. The van der Waals surface area contributed by atoms with E-state index in [0.29, 0.717) is 6.04 Å². The molecule has 1 N–H and O–H groups in total. The molecule has 1 fully saturated rings. The Morgan fingerprint density at radius 3 is 2.19 bits per heavy atom. The molecule has 1 radical (unpaired) electrons. The van der Waals surface area contributed by atoms with Gasteiger partial charge in [0.05, 0.1) is 6.61 Å². The Balaban J connectivity index is 2.57. The lowest BCUT2D eigenvalue weighted by molar-refractivity contribution is -0.290. The molecule has 1 saturated heterocycles. The van der Waals surface area contributed by atoms with E-state index >= 15 is 0 Å². The fourth-order valence-corrected chi connectivity index (χ4v) is 2.77. The Bertz CT molecular complexity index is 211. The molecular weight excluding hydrogens is 204 g/mol.